The number of methoxy groups -OCH3 is 1. The fourth-order valence-corrected chi connectivity index (χ4v) is 2.85. The first-order valence-corrected chi connectivity index (χ1v) is 7.38. The fourth-order valence-electron chi connectivity index (χ4n) is 2.68. The molecular formula is C15H21Cl2FN2O2. The molecule has 1 aliphatic heterocycles. The van der Waals surface area contributed by atoms with Gasteiger partial charge in [0.25, 0.3) is 5.91 Å². The van der Waals surface area contributed by atoms with Crippen molar-refractivity contribution in [2.45, 2.75) is 12.8 Å². The number of ether oxygens (including phenoxy) is 1. The molecule has 2 rings (SSSR count). The summed E-state index contributed by atoms with van der Waals surface area (Å²) in [6.07, 6.45) is 1.83. The van der Waals surface area contributed by atoms with Crippen LogP contribution in [0.25, 0.3) is 0 Å². The Morgan fingerprint density at radius 2 is 2.14 bits per heavy atom. The number of amides is 1. The van der Waals surface area contributed by atoms with Gasteiger partial charge in [0.05, 0.1) is 17.2 Å². The van der Waals surface area contributed by atoms with Crippen molar-refractivity contribution in [3.8, 4) is 0 Å². The number of benzene rings is 1. The van der Waals surface area contributed by atoms with Gasteiger partial charge in [-0.15, -0.1) is 12.4 Å². The summed E-state index contributed by atoms with van der Waals surface area (Å²) in [7, 11) is 1.66. The molecule has 22 heavy (non-hydrogen) atoms. The average molecular weight is 351 g/mol. The fraction of sp³-hybridized carbons (Fsp3) is 0.533. The Hall–Kier alpha value is -0.880. The third-order valence-corrected chi connectivity index (χ3v) is 4.23. The molecule has 1 aliphatic rings. The van der Waals surface area contributed by atoms with Crippen molar-refractivity contribution >= 4 is 29.9 Å². The van der Waals surface area contributed by atoms with E-state index in [9.17, 15) is 9.18 Å². The molecular weight excluding hydrogens is 330 g/mol. The molecule has 0 bridgehead atoms. The predicted molar refractivity (Wildman–Crippen MR) is 87.4 cm³/mol. The second kappa shape index (κ2) is 8.67. The van der Waals surface area contributed by atoms with E-state index in [0.29, 0.717) is 13.2 Å². The number of hydrogen-bond acceptors (Lipinski definition) is 3. The zero-order valence-corrected chi connectivity index (χ0v) is 14.0. The Kier molecular flexibility index (Phi) is 7.56. The average Bonchev–Trinajstić information content (AvgIpc) is 2.49. The first-order chi connectivity index (χ1) is 10.1. The lowest BCUT2D eigenvalue weighted by molar-refractivity contribution is 0.0511. The molecule has 0 saturated carbocycles. The Labute approximate surface area is 141 Å². The molecule has 124 valence electrons. The number of rotatable bonds is 5. The van der Waals surface area contributed by atoms with E-state index in [2.05, 4.69) is 10.6 Å². The molecule has 1 amide bonds. The SMILES string of the molecule is COCC1(CNC(=O)c2cccc(Cl)c2F)CCNCC1.Cl. The largest absolute Gasteiger partial charge is 0.384 e. The molecule has 2 N–H and O–H groups in total. The van der Waals surface area contributed by atoms with E-state index < -0.39 is 11.7 Å². The molecule has 7 heteroatoms. The highest BCUT2D eigenvalue weighted by Gasteiger charge is 2.32. The summed E-state index contributed by atoms with van der Waals surface area (Å²) in [6.45, 7) is 2.83. The Morgan fingerprint density at radius 1 is 1.45 bits per heavy atom. The summed E-state index contributed by atoms with van der Waals surface area (Å²) in [4.78, 5) is 12.1. The van der Waals surface area contributed by atoms with E-state index in [1.165, 1.54) is 12.1 Å². The highest BCUT2D eigenvalue weighted by molar-refractivity contribution is 6.31. The Morgan fingerprint density at radius 3 is 2.77 bits per heavy atom. The molecule has 1 aromatic rings. The van der Waals surface area contributed by atoms with Crippen molar-refractivity contribution in [1.82, 2.24) is 10.6 Å². The molecule has 0 spiro atoms. The van der Waals surface area contributed by atoms with Gasteiger partial charge in [-0.1, -0.05) is 17.7 Å². The number of carbonyl (C=O) groups excluding carboxylic acids is 1. The van der Waals surface area contributed by atoms with Crippen LogP contribution in [0.4, 0.5) is 4.39 Å². The lowest BCUT2D eigenvalue weighted by Crippen LogP contribution is -2.47. The maximum atomic E-state index is 13.8. The third kappa shape index (κ3) is 4.56. The quantitative estimate of drug-likeness (QED) is 0.858. The van der Waals surface area contributed by atoms with Gasteiger partial charge in [0.1, 0.15) is 0 Å². The van der Waals surface area contributed by atoms with Gasteiger partial charge < -0.3 is 15.4 Å². The molecule has 1 fully saturated rings. The van der Waals surface area contributed by atoms with Crippen LogP contribution >= 0.6 is 24.0 Å². The monoisotopic (exact) mass is 350 g/mol. The van der Waals surface area contributed by atoms with E-state index in [1.54, 1.807) is 13.2 Å². The minimum Gasteiger partial charge on any atom is -0.384 e. The van der Waals surface area contributed by atoms with Crippen LogP contribution in [-0.2, 0) is 4.74 Å². The lowest BCUT2D eigenvalue weighted by atomic mass is 9.79. The van der Waals surface area contributed by atoms with Crippen LogP contribution in [0.3, 0.4) is 0 Å². The predicted octanol–water partition coefficient (Wildman–Crippen LogP) is 2.65. The van der Waals surface area contributed by atoms with Crippen molar-refractivity contribution < 1.29 is 13.9 Å². The maximum Gasteiger partial charge on any atom is 0.254 e. The van der Waals surface area contributed by atoms with Gasteiger partial charge in [-0.05, 0) is 38.1 Å². The number of piperidine rings is 1. The smallest absolute Gasteiger partial charge is 0.254 e. The highest BCUT2D eigenvalue weighted by Crippen LogP contribution is 2.28. The van der Waals surface area contributed by atoms with Crippen molar-refractivity contribution in [2.75, 3.05) is 33.4 Å². The molecule has 0 atom stereocenters. The summed E-state index contributed by atoms with van der Waals surface area (Å²) in [5.41, 5.74) is -0.117. The summed E-state index contributed by atoms with van der Waals surface area (Å²) in [6, 6.07) is 4.42. The van der Waals surface area contributed by atoms with E-state index in [1.807, 2.05) is 0 Å². The lowest BCUT2D eigenvalue weighted by Gasteiger charge is -2.37. The van der Waals surface area contributed by atoms with Crippen LogP contribution in [0.5, 0.6) is 0 Å². The molecule has 0 aromatic heterocycles. The number of carbonyl (C=O) groups is 1. The van der Waals surface area contributed by atoms with Crippen LogP contribution in [0.1, 0.15) is 23.2 Å². The molecule has 4 nitrogen and oxygen atoms in total. The second-order valence-corrected chi connectivity index (χ2v) is 5.87. The normalized spacial score (nSPS) is 16.7. The minimum absolute atomic E-state index is 0. The van der Waals surface area contributed by atoms with Gasteiger partial charge in [0, 0.05) is 19.1 Å². The first kappa shape index (κ1) is 19.2. The molecule has 1 saturated heterocycles. The van der Waals surface area contributed by atoms with Crippen LogP contribution in [0, 0.1) is 11.2 Å². The minimum atomic E-state index is -0.678. The van der Waals surface area contributed by atoms with E-state index >= 15 is 0 Å². The van der Waals surface area contributed by atoms with E-state index in [-0.39, 0.29) is 28.4 Å². The van der Waals surface area contributed by atoms with Gasteiger partial charge in [-0.3, -0.25) is 4.79 Å². The van der Waals surface area contributed by atoms with E-state index in [4.69, 9.17) is 16.3 Å². The van der Waals surface area contributed by atoms with Crippen molar-refractivity contribution in [3.63, 3.8) is 0 Å². The number of nitrogens with one attached hydrogen (secondary N) is 2. The van der Waals surface area contributed by atoms with Gasteiger partial charge >= 0.3 is 0 Å². The maximum absolute atomic E-state index is 13.8. The van der Waals surface area contributed by atoms with Crippen molar-refractivity contribution in [2.24, 2.45) is 5.41 Å². The van der Waals surface area contributed by atoms with Gasteiger partial charge in [-0.2, -0.15) is 0 Å². The number of halogens is 3. The van der Waals surface area contributed by atoms with Crippen LogP contribution in [-0.4, -0.2) is 39.3 Å². The Bertz CT molecular complexity index is 503. The summed E-state index contributed by atoms with van der Waals surface area (Å²) in [5.74, 6) is -1.12. The summed E-state index contributed by atoms with van der Waals surface area (Å²) < 4.78 is 19.1. The van der Waals surface area contributed by atoms with Gasteiger partial charge in [0.2, 0.25) is 0 Å². The zero-order valence-electron chi connectivity index (χ0n) is 12.5. The van der Waals surface area contributed by atoms with Crippen LogP contribution in [0.15, 0.2) is 18.2 Å². The topological polar surface area (TPSA) is 50.4 Å². The van der Waals surface area contributed by atoms with Gasteiger partial charge in [0.15, 0.2) is 5.82 Å². The standard InChI is InChI=1S/C15H20ClFN2O2.ClH/c1-21-10-15(5-7-18-8-6-15)9-19-14(20)11-3-2-4-12(16)13(11)17;/h2-4,18H,5-10H2,1H3,(H,19,20);1H. The molecule has 1 aromatic carbocycles. The Balaban J connectivity index is 0.00000242. The highest BCUT2D eigenvalue weighted by atomic mass is 35.5. The van der Waals surface area contributed by atoms with Gasteiger partial charge in [-0.25, -0.2) is 4.39 Å². The third-order valence-electron chi connectivity index (χ3n) is 3.93. The zero-order chi connectivity index (χ0) is 15.3. The van der Waals surface area contributed by atoms with Crippen molar-refractivity contribution in [1.29, 1.82) is 0 Å². The summed E-state index contributed by atoms with van der Waals surface area (Å²) in [5, 5.41) is 6.06. The molecule has 0 unspecified atom stereocenters. The van der Waals surface area contributed by atoms with Crippen LogP contribution in [0.2, 0.25) is 5.02 Å². The molecule has 0 radical (unpaired) electrons. The second-order valence-electron chi connectivity index (χ2n) is 5.47. The first-order valence-electron chi connectivity index (χ1n) is 7.00. The number of hydrogen-bond donors (Lipinski definition) is 2. The van der Waals surface area contributed by atoms with Crippen LogP contribution < -0.4 is 10.6 Å². The summed E-state index contributed by atoms with van der Waals surface area (Å²) >= 11 is 5.70. The molecule has 1 heterocycles. The van der Waals surface area contributed by atoms with E-state index in [0.717, 1.165) is 25.9 Å². The molecule has 0 aliphatic carbocycles. The van der Waals surface area contributed by atoms with Crippen molar-refractivity contribution in [3.05, 3.63) is 34.6 Å².